The minimum atomic E-state index is -4.27. The van der Waals surface area contributed by atoms with Crippen molar-refractivity contribution in [2.75, 3.05) is 19.8 Å². The van der Waals surface area contributed by atoms with Gasteiger partial charge in [-0.05, 0) is 20.8 Å². The molecule has 110 valence electrons. The summed E-state index contributed by atoms with van der Waals surface area (Å²) >= 11 is 0. The normalized spacial score (nSPS) is 12.9. The van der Waals surface area contributed by atoms with Gasteiger partial charge in [0.2, 0.25) is 0 Å². The molecule has 0 atom stereocenters. The predicted molar refractivity (Wildman–Crippen MR) is 63.6 cm³/mol. The van der Waals surface area contributed by atoms with Gasteiger partial charge in [-0.2, -0.15) is 13.2 Å². The van der Waals surface area contributed by atoms with Crippen LogP contribution in [0.25, 0.3) is 0 Å². The first-order valence-corrected chi connectivity index (χ1v) is 5.95. The zero-order valence-corrected chi connectivity index (χ0v) is 11.3. The molecule has 19 heavy (non-hydrogen) atoms. The van der Waals surface area contributed by atoms with Gasteiger partial charge in [0.25, 0.3) is 0 Å². The Labute approximate surface area is 110 Å². The second-order valence-corrected chi connectivity index (χ2v) is 5.17. The van der Waals surface area contributed by atoms with Crippen LogP contribution in [0.15, 0.2) is 6.20 Å². The molecule has 0 amide bonds. The largest absolute Gasteiger partial charge is 0.411 e. The van der Waals surface area contributed by atoms with E-state index in [1.165, 1.54) is 0 Å². The van der Waals surface area contributed by atoms with Gasteiger partial charge in [-0.3, -0.25) is 0 Å². The van der Waals surface area contributed by atoms with Crippen molar-refractivity contribution in [3.05, 3.63) is 11.9 Å². The lowest BCUT2D eigenvalue weighted by atomic mass is 10.1. The average Bonchev–Trinajstić information content (AvgIpc) is 2.69. The van der Waals surface area contributed by atoms with Crippen LogP contribution in [0, 0.1) is 0 Å². The fourth-order valence-electron chi connectivity index (χ4n) is 1.26. The SMILES string of the molecule is CC(C)(C)n1cc(CNCCOCC(F)(F)F)nn1. The predicted octanol–water partition coefficient (Wildman–Crippen LogP) is 1.70. The zero-order chi connectivity index (χ0) is 14.5. The van der Waals surface area contributed by atoms with Crippen LogP contribution in [0.1, 0.15) is 26.5 Å². The molecule has 0 unspecified atom stereocenters. The van der Waals surface area contributed by atoms with Crippen LogP contribution in [-0.2, 0) is 16.8 Å². The van der Waals surface area contributed by atoms with E-state index in [1.54, 1.807) is 4.68 Å². The van der Waals surface area contributed by atoms with Crippen LogP contribution in [0.5, 0.6) is 0 Å². The molecule has 0 aliphatic heterocycles. The Morgan fingerprint density at radius 3 is 2.53 bits per heavy atom. The third-order valence-corrected chi connectivity index (χ3v) is 2.22. The van der Waals surface area contributed by atoms with Gasteiger partial charge in [-0.1, -0.05) is 5.21 Å². The maximum absolute atomic E-state index is 11.8. The molecule has 0 saturated carbocycles. The Morgan fingerprint density at radius 1 is 1.32 bits per heavy atom. The molecule has 1 aromatic rings. The highest BCUT2D eigenvalue weighted by molar-refractivity contribution is 4.93. The molecule has 1 rings (SSSR count). The molecule has 0 spiro atoms. The summed E-state index contributed by atoms with van der Waals surface area (Å²) in [5, 5.41) is 10.9. The first-order chi connectivity index (χ1) is 8.68. The molecule has 0 aliphatic rings. The Bertz CT molecular complexity index is 384. The van der Waals surface area contributed by atoms with Gasteiger partial charge in [0.05, 0.1) is 24.0 Å². The van der Waals surface area contributed by atoms with Gasteiger partial charge in [0.15, 0.2) is 0 Å². The lowest BCUT2D eigenvalue weighted by Gasteiger charge is -2.17. The molecule has 5 nitrogen and oxygen atoms in total. The Morgan fingerprint density at radius 2 is 2.00 bits per heavy atom. The van der Waals surface area contributed by atoms with E-state index in [0.717, 1.165) is 5.69 Å². The molecule has 8 heteroatoms. The molecule has 0 radical (unpaired) electrons. The third kappa shape index (κ3) is 6.53. The second kappa shape index (κ2) is 6.33. The molecule has 0 fully saturated rings. The minimum absolute atomic E-state index is 0.00686. The van der Waals surface area contributed by atoms with E-state index in [9.17, 15) is 13.2 Å². The fraction of sp³-hybridized carbons (Fsp3) is 0.818. The van der Waals surface area contributed by atoms with Crippen LogP contribution in [0.4, 0.5) is 13.2 Å². The summed E-state index contributed by atoms with van der Waals surface area (Å²) in [6.07, 6.45) is -2.46. The van der Waals surface area contributed by atoms with Gasteiger partial charge in [0, 0.05) is 13.1 Å². The number of hydrogen-bond donors (Lipinski definition) is 1. The van der Waals surface area contributed by atoms with Gasteiger partial charge in [-0.25, -0.2) is 4.68 Å². The summed E-state index contributed by atoms with van der Waals surface area (Å²) in [6, 6.07) is 0. The van der Waals surface area contributed by atoms with E-state index < -0.39 is 12.8 Å². The Hall–Kier alpha value is -1.15. The number of alkyl halides is 3. The Kier molecular flexibility index (Phi) is 5.30. The molecule has 1 aromatic heterocycles. The van der Waals surface area contributed by atoms with Crippen molar-refractivity contribution < 1.29 is 17.9 Å². The monoisotopic (exact) mass is 280 g/mol. The molecule has 0 aliphatic carbocycles. The summed E-state index contributed by atoms with van der Waals surface area (Å²) < 4.78 is 41.5. The van der Waals surface area contributed by atoms with Gasteiger partial charge in [-0.15, -0.1) is 5.10 Å². The molecule has 1 heterocycles. The van der Waals surface area contributed by atoms with Crippen LogP contribution in [-0.4, -0.2) is 40.9 Å². The highest BCUT2D eigenvalue weighted by Gasteiger charge is 2.27. The van der Waals surface area contributed by atoms with Crippen LogP contribution in [0.2, 0.25) is 0 Å². The number of aromatic nitrogens is 3. The van der Waals surface area contributed by atoms with E-state index in [4.69, 9.17) is 0 Å². The number of nitrogens with zero attached hydrogens (tertiary/aromatic N) is 3. The zero-order valence-electron chi connectivity index (χ0n) is 11.3. The van der Waals surface area contributed by atoms with Crippen molar-refractivity contribution in [1.29, 1.82) is 0 Å². The first-order valence-electron chi connectivity index (χ1n) is 5.95. The highest BCUT2D eigenvalue weighted by Crippen LogP contribution is 2.14. The Balaban J connectivity index is 2.18. The van der Waals surface area contributed by atoms with Crippen molar-refractivity contribution in [3.8, 4) is 0 Å². The number of ether oxygens (including phenoxy) is 1. The van der Waals surface area contributed by atoms with Gasteiger partial charge < -0.3 is 10.1 Å². The summed E-state index contributed by atoms with van der Waals surface area (Å²) in [4.78, 5) is 0. The van der Waals surface area contributed by atoms with E-state index in [0.29, 0.717) is 13.1 Å². The van der Waals surface area contributed by atoms with Crippen LogP contribution >= 0.6 is 0 Å². The topological polar surface area (TPSA) is 52.0 Å². The minimum Gasteiger partial charge on any atom is -0.371 e. The maximum Gasteiger partial charge on any atom is 0.411 e. The molecule has 0 bridgehead atoms. The third-order valence-electron chi connectivity index (χ3n) is 2.22. The molecule has 1 N–H and O–H groups in total. The van der Waals surface area contributed by atoms with Crippen molar-refractivity contribution in [2.24, 2.45) is 0 Å². The van der Waals surface area contributed by atoms with Crippen molar-refractivity contribution in [2.45, 2.75) is 39.0 Å². The molecular weight excluding hydrogens is 261 g/mol. The fourth-order valence-corrected chi connectivity index (χ4v) is 1.26. The maximum atomic E-state index is 11.8. The second-order valence-electron chi connectivity index (χ2n) is 5.17. The van der Waals surface area contributed by atoms with Gasteiger partial charge >= 0.3 is 6.18 Å². The van der Waals surface area contributed by atoms with E-state index in [-0.39, 0.29) is 12.1 Å². The molecule has 0 aromatic carbocycles. The number of rotatable bonds is 6. The van der Waals surface area contributed by atoms with E-state index in [1.807, 2.05) is 27.0 Å². The summed E-state index contributed by atoms with van der Waals surface area (Å²) in [6.45, 7) is 5.59. The van der Waals surface area contributed by atoms with E-state index >= 15 is 0 Å². The van der Waals surface area contributed by atoms with Gasteiger partial charge in [0.1, 0.15) is 6.61 Å². The van der Waals surface area contributed by atoms with Crippen molar-refractivity contribution >= 4 is 0 Å². The van der Waals surface area contributed by atoms with E-state index in [2.05, 4.69) is 20.4 Å². The van der Waals surface area contributed by atoms with Crippen LogP contribution in [0.3, 0.4) is 0 Å². The first kappa shape index (κ1) is 15.9. The molecular formula is C11H19F3N4O. The van der Waals surface area contributed by atoms with Crippen LogP contribution < -0.4 is 5.32 Å². The smallest absolute Gasteiger partial charge is 0.371 e. The number of halogens is 3. The summed E-state index contributed by atoms with van der Waals surface area (Å²) in [5.74, 6) is 0. The number of nitrogens with one attached hydrogen (secondary N) is 1. The van der Waals surface area contributed by atoms with Crippen molar-refractivity contribution in [3.63, 3.8) is 0 Å². The number of hydrogen-bond acceptors (Lipinski definition) is 4. The highest BCUT2D eigenvalue weighted by atomic mass is 19.4. The molecule has 0 saturated heterocycles. The summed E-state index contributed by atoms with van der Waals surface area (Å²) in [7, 11) is 0. The van der Waals surface area contributed by atoms with Crippen molar-refractivity contribution in [1.82, 2.24) is 20.3 Å². The lowest BCUT2D eigenvalue weighted by Crippen LogP contribution is -2.24. The lowest BCUT2D eigenvalue weighted by molar-refractivity contribution is -0.173. The quantitative estimate of drug-likeness (QED) is 0.806. The standard InChI is InChI=1S/C11H19F3N4O/c1-10(2,3)18-7-9(16-17-18)6-15-4-5-19-8-11(12,13)14/h7,15H,4-6,8H2,1-3H3. The average molecular weight is 280 g/mol. The summed E-state index contributed by atoms with van der Waals surface area (Å²) in [5.41, 5.74) is 0.604.